The smallest absolute Gasteiger partial charge is 0.326 e. The number of rotatable bonds is 10. The molecule has 0 unspecified atom stereocenters. The fourth-order valence-corrected chi connectivity index (χ4v) is 9.57. The van der Waals surface area contributed by atoms with E-state index >= 15 is 0 Å². The zero-order chi connectivity index (χ0) is 32.9. The van der Waals surface area contributed by atoms with E-state index < -0.39 is 47.3 Å². The van der Waals surface area contributed by atoms with Crippen LogP contribution in [0, 0.1) is 28.6 Å². The van der Waals surface area contributed by atoms with E-state index in [1.54, 1.807) is 6.20 Å². The molecule has 6 rings (SSSR count). The minimum atomic E-state index is -1.60. The van der Waals surface area contributed by atoms with Crippen LogP contribution in [0.4, 0.5) is 0 Å². The molecule has 1 heterocycles. The summed E-state index contributed by atoms with van der Waals surface area (Å²) in [5, 5.41) is 24.9. The molecule has 0 saturated heterocycles. The third-order valence-electron chi connectivity index (χ3n) is 12.2. The van der Waals surface area contributed by atoms with Crippen LogP contribution >= 0.6 is 0 Å². The summed E-state index contributed by atoms with van der Waals surface area (Å²) in [5.41, 5.74) is 0.646. The van der Waals surface area contributed by atoms with E-state index in [0.717, 1.165) is 48.6 Å². The molecule has 0 radical (unpaired) electrons. The maximum absolute atomic E-state index is 13.5. The number of hydrogen-bond acceptors (Lipinski definition) is 7. The molecule has 1 aromatic carbocycles. The number of benzene rings is 1. The average Bonchev–Trinajstić information content (AvgIpc) is 3.56. The minimum absolute atomic E-state index is 0.00834. The Balaban J connectivity index is 1.01. The first-order valence-corrected chi connectivity index (χ1v) is 16.6. The van der Waals surface area contributed by atoms with Gasteiger partial charge in [-0.05, 0) is 85.8 Å². The van der Waals surface area contributed by atoms with Crippen LogP contribution in [0.3, 0.4) is 0 Å². The Morgan fingerprint density at radius 2 is 1.78 bits per heavy atom. The second-order valence-corrected chi connectivity index (χ2v) is 14.4. The molecule has 4 aliphatic rings. The number of carboxylic acid groups (broad SMARTS) is 1. The average molecular weight is 633 g/mol. The van der Waals surface area contributed by atoms with Gasteiger partial charge in [-0.15, -0.1) is 0 Å². The molecule has 3 saturated carbocycles. The summed E-state index contributed by atoms with van der Waals surface area (Å²) in [7, 11) is 0. The van der Waals surface area contributed by atoms with E-state index in [-0.39, 0.29) is 36.4 Å². The van der Waals surface area contributed by atoms with Crippen LogP contribution in [0.5, 0.6) is 0 Å². The second-order valence-electron chi connectivity index (χ2n) is 14.4. The lowest BCUT2D eigenvalue weighted by Crippen LogP contribution is -2.58. The van der Waals surface area contributed by atoms with Crippen molar-refractivity contribution in [3.8, 4) is 0 Å². The van der Waals surface area contributed by atoms with E-state index in [1.807, 2.05) is 37.3 Å². The van der Waals surface area contributed by atoms with Gasteiger partial charge >= 0.3 is 11.9 Å². The van der Waals surface area contributed by atoms with Gasteiger partial charge in [0.1, 0.15) is 11.6 Å². The molecular formula is C36H44N2O8. The summed E-state index contributed by atoms with van der Waals surface area (Å²) in [6, 6.07) is 6.29. The van der Waals surface area contributed by atoms with Crippen molar-refractivity contribution in [3.63, 3.8) is 0 Å². The number of carbonyl (C=O) groups is 5. The number of aromatic nitrogens is 1. The van der Waals surface area contributed by atoms with Crippen molar-refractivity contribution < 1.29 is 38.9 Å². The number of carbonyl (C=O) groups excluding carboxylic acids is 4. The fraction of sp³-hybridized carbons (Fsp3) is 0.583. The Bertz CT molecular complexity index is 1610. The van der Waals surface area contributed by atoms with Crippen LogP contribution in [-0.2, 0) is 35.1 Å². The van der Waals surface area contributed by atoms with Crippen molar-refractivity contribution in [1.82, 2.24) is 10.3 Å². The zero-order valence-corrected chi connectivity index (χ0v) is 26.6. The lowest BCUT2D eigenvalue weighted by atomic mass is 9.46. The number of aromatic amines is 1. The Kier molecular flexibility index (Phi) is 8.46. The van der Waals surface area contributed by atoms with Gasteiger partial charge < -0.3 is 25.3 Å². The maximum atomic E-state index is 13.5. The van der Waals surface area contributed by atoms with Crippen LogP contribution in [0.1, 0.15) is 83.6 Å². The van der Waals surface area contributed by atoms with Crippen molar-refractivity contribution in [2.75, 3.05) is 6.61 Å². The molecule has 2 aromatic rings. The van der Waals surface area contributed by atoms with E-state index in [2.05, 4.69) is 17.2 Å². The molecule has 0 aliphatic heterocycles. The topological polar surface area (TPSA) is 163 Å². The number of ketones is 2. The van der Waals surface area contributed by atoms with E-state index in [4.69, 9.17) is 4.74 Å². The number of nitrogens with one attached hydrogen (secondary N) is 2. The molecule has 246 valence electrons. The predicted molar refractivity (Wildman–Crippen MR) is 168 cm³/mol. The van der Waals surface area contributed by atoms with Crippen molar-refractivity contribution in [3.05, 3.63) is 47.7 Å². The standard InChI is InChI=1S/C36H44N2O8/c1-34-14-11-23(39)18-22(34)7-8-25-26(34)12-15-35(2)27(25)13-16-36(35,45)30(40)20-46-32(42)10-9-31(41)38-29(33(43)44)17-21-19-37-28-6-4-3-5-24(21)28/h3-6,18-19,25-27,29,37,45H,7-17,20H2,1-2H3,(H,38,41)(H,43,44)/t25-,26+,27+,29+,34-,35-,36-/m0/s1. The lowest BCUT2D eigenvalue weighted by Gasteiger charge is -2.58. The van der Waals surface area contributed by atoms with Crippen molar-refractivity contribution in [1.29, 1.82) is 0 Å². The predicted octanol–water partition coefficient (Wildman–Crippen LogP) is 4.44. The first-order chi connectivity index (χ1) is 21.9. The molecular weight excluding hydrogens is 588 g/mol. The van der Waals surface area contributed by atoms with Crippen LogP contribution in [-0.4, -0.2) is 62.9 Å². The molecule has 46 heavy (non-hydrogen) atoms. The molecule has 3 fully saturated rings. The number of Topliss-reactive ketones (excluding diaryl/α,β-unsaturated/α-hetero) is 1. The number of aliphatic hydroxyl groups is 1. The van der Waals surface area contributed by atoms with Gasteiger partial charge in [0, 0.05) is 41.8 Å². The minimum Gasteiger partial charge on any atom is -0.480 e. The van der Waals surface area contributed by atoms with Gasteiger partial charge in [0.15, 0.2) is 12.4 Å². The first kappa shape index (κ1) is 32.2. The van der Waals surface area contributed by atoms with Crippen molar-refractivity contribution in [2.45, 2.75) is 96.1 Å². The van der Waals surface area contributed by atoms with Gasteiger partial charge in [-0.2, -0.15) is 0 Å². The third kappa shape index (κ3) is 5.48. The number of hydrogen-bond donors (Lipinski definition) is 4. The lowest BCUT2D eigenvalue weighted by molar-refractivity contribution is -0.170. The maximum Gasteiger partial charge on any atom is 0.326 e. The molecule has 7 atom stereocenters. The van der Waals surface area contributed by atoms with Crippen LogP contribution < -0.4 is 5.32 Å². The summed E-state index contributed by atoms with van der Waals surface area (Å²) in [4.78, 5) is 65.7. The second kappa shape index (κ2) is 12.1. The van der Waals surface area contributed by atoms with Crippen LogP contribution in [0.25, 0.3) is 10.9 Å². The van der Waals surface area contributed by atoms with Gasteiger partial charge in [0.2, 0.25) is 11.7 Å². The number of amides is 1. The van der Waals surface area contributed by atoms with Gasteiger partial charge in [-0.25, -0.2) is 4.79 Å². The quantitative estimate of drug-likeness (QED) is 0.280. The Morgan fingerprint density at radius 3 is 2.57 bits per heavy atom. The number of H-pyrrole nitrogens is 1. The highest BCUT2D eigenvalue weighted by molar-refractivity contribution is 5.92. The number of esters is 1. The van der Waals surface area contributed by atoms with Gasteiger partial charge in [-0.3, -0.25) is 19.2 Å². The number of carboxylic acids is 1. The van der Waals surface area contributed by atoms with Gasteiger partial charge in [-0.1, -0.05) is 37.6 Å². The number of aliphatic carboxylic acids is 1. The molecule has 0 bridgehead atoms. The number of para-hydroxylation sites is 1. The van der Waals surface area contributed by atoms with Crippen LogP contribution in [0.15, 0.2) is 42.1 Å². The molecule has 4 aliphatic carbocycles. The highest BCUT2D eigenvalue weighted by Gasteiger charge is 2.66. The number of fused-ring (bicyclic) bond motifs is 6. The van der Waals surface area contributed by atoms with Crippen molar-refractivity contribution >= 4 is 40.3 Å². The first-order valence-electron chi connectivity index (χ1n) is 16.6. The normalized spacial score (nSPS) is 32.5. The third-order valence-corrected chi connectivity index (χ3v) is 12.2. The highest BCUT2D eigenvalue weighted by atomic mass is 16.5. The largest absolute Gasteiger partial charge is 0.480 e. The molecule has 1 aromatic heterocycles. The van der Waals surface area contributed by atoms with E-state index in [0.29, 0.717) is 31.1 Å². The zero-order valence-electron chi connectivity index (χ0n) is 26.6. The van der Waals surface area contributed by atoms with Crippen LogP contribution in [0.2, 0.25) is 0 Å². The molecule has 4 N–H and O–H groups in total. The summed E-state index contributed by atoms with van der Waals surface area (Å²) in [6.07, 6.45) is 8.92. The molecule has 1 amide bonds. The molecule has 10 nitrogen and oxygen atoms in total. The van der Waals surface area contributed by atoms with Crippen molar-refractivity contribution in [2.24, 2.45) is 28.6 Å². The highest BCUT2D eigenvalue weighted by Crippen LogP contribution is 2.67. The molecule has 0 spiro atoms. The summed E-state index contributed by atoms with van der Waals surface area (Å²) < 4.78 is 5.26. The number of allylic oxidation sites excluding steroid dienone is 1. The Hall–Kier alpha value is -3.79. The summed E-state index contributed by atoms with van der Waals surface area (Å²) in [6.45, 7) is 3.74. The van der Waals surface area contributed by atoms with Gasteiger partial charge in [0.25, 0.3) is 0 Å². The van der Waals surface area contributed by atoms with E-state index in [9.17, 15) is 34.2 Å². The monoisotopic (exact) mass is 632 g/mol. The fourth-order valence-electron chi connectivity index (χ4n) is 9.57. The summed E-state index contributed by atoms with van der Waals surface area (Å²) in [5.74, 6) is -1.90. The van der Waals surface area contributed by atoms with E-state index in [1.165, 1.54) is 5.57 Å². The SMILES string of the molecule is C[C@]12CCC(=O)C=C1CC[C@H]1[C@H]2CC[C@@]2(C)[C@@H]1CC[C@]2(O)C(=O)COC(=O)CCC(=O)N[C@H](Cc1c[nH]c2ccccc12)C(=O)O. The number of ether oxygens (including phenoxy) is 1. The molecule has 10 heteroatoms. The summed E-state index contributed by atoms with van der Waals surface area (Å²) >= 11 is 0. The van der Waals surface area contributed by atoms with Gasteiger partial charge in [0.05, 0.1) is 6.42 Å². The Morgan fingerprint density at radius 1 is 1.02 bits per heavy atom. The Labute approximate surface area is 268 Å².